The second kappa shape index (κ2) is 8.96. The molecule has 0 aliphatic carbocycles. The summed E-state index contributed by atoms with van der Waals surface area (Å²) in [5.41, 5.74) is 1.84. The maximum Gasteiger partial charge on any atom is 0.141 e. The van der Waals surface area contributed by atoms with Crippen molar-refractivity contribution in [2.24, 2.45) is 0 Å². The molecule has 3 aromatic rings. The van der Waals surface area contributed by atoms with Gasteiger partial charge in [-0.2, -0.15) is 0 Å². The Hall–Kier alpha value is -2.18. The summed E-state index contributed by atoms with van der Waals surface area (Å²) in [5, 5.41) is 4.32. The van der Waals surface area contributed by atoms with Gasteiger partial charge in [-0.3, -0.25) is 0 Å². The standard InChI is InChI=1S/C20H23BrN4O/c1-25(2)10-3-4-11-26-17-8-9-18-19(13-17)22-14-23-20(18)24-16-7-5-6-15(21)12-16/h5-9,12-14H,3-4,10-11H2,1-2H3,(H,22,23,24). The number of hydrogen-bond donors (Lipinski definition) is 1. The average Bonchev–Trinajstić information content (AvgIpc) is 2.61. The summed E-state index contributed by atoms with van der Waals surface area (Å²) >= 11 is 3.49. The third-order valence-electron chi connectivity index (χ3n) is 3.96. The second-order valence-corrected chi connectivity index (χ2v) is 7.31. The van der Waals surface area contributed by atoms with Crippen LogP contribution in [-0.2, 0) is 0 Å². The SMILES string of the molecule is CN(C)CCCCOc1ccc2c(Nc3cccc(Br)c3)ncnc2c1. The van der Waals surface area contributed by atoms with Gasteiger partial charge in [-0.1, -0.05) is 22.0 Å². The van der Waals surface area contributed by atoms with Gasteiger partial charge < -0.3 is 15.0 Å². The van der Waals surface area contributed by atoms with Crippen molar-refractivity contribution in [3.8, 4) is 5.75 Å². The van der Waals surface area contributed by atoms with E-state index in [0.29, 0.717) is 6.61 Å². The molecule has 5 nitrogen and oxygen atoms in total. The van der Waals surface area contributed by atoms with Crippen molar-refractivity contribution in [2.75, 3.05) is 32.6 Å². The smallest absolute Gasteiger partial charge is 0.141 e. The highest BCUT2D eigenvalue weighted by molar-refractivity contribution is 9.10. The third-order valence-corrected chi connectivity index (χ3v) is 4.46. The third kappa shape index (κ3) is 5.16. The maximum absolute atomic E-state index is 5.86. The number of ether oxygens (including phenoxy) is 1. The lowest BCUT2D eigenvalue weighted by Crippen LogP contribution is -2.13. The van der Waals surface area contributed by atoms with Crippen LogP contribution in [0.1, 0.15) is 12.8 Å². The molecule has 0 aliphatic rings. The molecule has 0 spiro atoms. The predicted molar refractivity (Wildman–Crippen MR) is 110 cm³/mol. The molecule has 0 atom stereocenters. The molecule has 0 bridgehead atoms. The summed E-state index contributed by atoms with van der Waals surface area (Å²) in [4.78, 5) is 11.0. The number of halogens is 1. The molecule has 0 saturated carbocycles. The van der Waals surface area contributed by atoms with Gasteiger partial charge in [0.2, 0.25) is 0 Å². The molecule has 0 amide bonds. The number of rotatable bonds is 8. The fraction of sp³-hybridized carbons (Fsp3) is 0.300. The lowest BCUT2D eigenvalue weighted by Gasteiger charge is -2.11. The van der Waals surface area contributed by atoms with Gasteiger partial charge in [-0.25, -0.2) is 9.97 Å². The molecule has 0 aliphatic heterocycles. The van der Waals surface area contributed by atoms with Crippen molar-refractivity contribution in [1.29, 1.82) is 0 Å². The van der Waals surface area contributed by atoms with Crippen LogP contribution in [0.2, 0.25) is 0 Å². The van der Waals surface area contributed by atoms with Gasteiger partial charge in [0.05, 0.1) is 12.1 Å². The van der Waals surface area contributed by atoms with E-state index in [0.717, 1.165) is 52.0 Å². The Morgan fingerprint density at radius 1 is 1.08 bits per heavy atom. The molecular formula is C20H23BrN4O. The van der Waals surface area contributed by atoms with E-state index >= 15 is 0 Å². The molecule has 6 heteroatoms. The fourth-order valence-corrected chi connectivity index (χ4v) is 3.05. The molecule has 0 fully saturated rings. The highest BCUT2D eigenvalue weighted by Crippen LogP contribution is 2.27. The van der Waals surface area contributed by atoms with Crippen molar-refractivity contribution in [1.82, 2.24) is 14.9 Å². The molecular weight excluding hydrogens is 392 g/mol. The van der Waals surface area contributed by atoms with Crippen LogP contribution in [0, 0.1) is 0 Å². The quantitative estimate of drug-likeness (QED) is 0.533. The van der Waals surface area contributed by atoms with Crippen molar-refractivity contribution >= 4 is 38.3 Å². The summed E-state index contributed by atoms with van der Waals surface area (Å²) in [6.07, 6.45) is 3.74. The molecule has 0 unspecified atom stereocenters. The zero-order valence-electron chi connectivity index (χ0n) is 15.1. The Bertz CT molecular complexity index is 869. The fourth-order valence-electron chi connectivity index (χ4n) is 2.65. The summed E-state index contributed by atoms with van der Waals surface area (Å²) < 4.78 is 6.88. The Balaban J connectivity index is 1.69. The monoisotopic (exact) mass is 414 g/mol. The molecule has 1 heterocycles. The average molecular weight is 415 g/mol. The van der Waals surface area contributed by atoms with Crippen LogP contribution in [0.25, 0.3) is 10.9 Å². The minimum absolute atomic E-state index is 0.716. The Labute approximate surface area is 162 Å². The van der Waals surface area contributed by atoms with E-state index in [1.165, 1.54) is 0 Å². The number of aromatic nitrogens is 2. The lowest BCUT2D eigenvalue weighted by molar-refractivity contribution is 0.293. The zero-order valence-corrected chi connectivity index (χ0v) is 16.7. The Morgan fingerprint density at radius 3 is 2.77 bits per heavy atom. The molecule has 2 aromatic carbocycles. The van der Waals surface area contributed by atoms with Crippen molar-refractivity contribution in [3.05, 3.63) is 53.3 Å². The first-order chi connectivity index (χ1) is 12.6. The summed E-state index contributed by atoms with van der Waals surface area (Å²) in [6, 6.07) is 13.9. The number of nitrogens with one attached hydrogen (secondary N) is 1. The second-order valence-electron chi connectivity index (χ2n) is 6.40. The van der Waals surface area contributed by atoms with Gasteiger partial charge in [-0.05, 0) is 63.8 Å². The first-order valence-corrected chi connectivity index (χ1v) is 9.46. The van der Waals surface area contributed by atoms with Gasteiger partial charge in [0.1, 0.15) is 17.9 Å². The Morgan fingerprint density at radius 2 is 1.96 bits per heavy atom. The van der Waals surface area contributed by atoms with Crippen LogP contribution in [0.15, 0.2) is 53.3 Å². The summed E-state index contributed by atoms with van der Waals surface area (Å²) in [6.45, 7) is 1.80. The largest absolute Gasteiger partial charge is 0.494 e. The number of nitrogens with zero attached hydrogens (tertiary/aromatic N) is 3. The summed E-state index contributed by atoms with van der Waals surface area (Å²) in [7, 11) is 4.17. The van der Waals surface area contributed by atoms with Crippen LogP contribution in [0.3, 0.4) is 0 Å². The van der Waals surface area contributed by atoms with Gasteiger partial charge in [0.15, 0.2) is 0 Å². The van der Waals surface area contributed by atoms with Crippen molar-refractivity contribution < 1.29 is 4.74 Å². The van der Waals surface area contributed by atoms with E-state index in [4.69, 9.17) is 4.74 Å². The van der Waals surface area contributed by atoms with Crippen molar-refractivity contribution in [2.45, 2.75) is 12.8 Å². The molecule has 1 N–H and O–H groups in total. The molecule has 26 heavy (non-hydrogen) atoms. The lowest BCUT2D eigenvalue weighted by atomic mass is 10.2. The number of benzene rings is 2. The van der Waals surface area contributed by atoms with E-state index in [2.05, 4.69) is 50.2 Å². The predicted octanol–water partition coefficient (Wildman–Crippen LogP) is 4.86. The van der Waals surface area contributed by atoms with Crippen LogP contribution >= 0.6 is 15.9 Å². The van der Waals surface area contributed by atoms with Gasteiger partial charge in [-0.15, -0.1) is 0 Å². The van der Waals surface area contributed by atoms with Gasteiger partial charge in [0, 0.05) is 21.6 Å². The minimum Gasteiger partial charge on any atom is -0.494 e. The highest BCUT2D eigenvalue weighted by Gasteiger charge is 2.06. The minimum atomic E-state index is 0.716. The molecule has 1 aromatic heterocycles. The van der Waals surface area contributed by atoms with Crippen LogP contribution in [0.5, 0.6) is 5.75 Å². The molecule has 0 radical (unpaired) electrons. The van der Waals surface area contributed by atoms with E-state index < -0.39 is 0 Å². The first kappa shape index (κ1) is 18.6. The number of fused-ring (bicyclic) bond motifs is 1. The van der Waals surface area contributed by atoms with E-state index in [1.807, 2.05) is 42.5 Å². The van der Waals surface area contributed by atoms with Crippen molar-refractivity contribution in [3.63, 3.8) is 0 Å². The van der Waals surface area contributed by atoms with Crippen LogP contribution < -0.4 is 10.1 Å². The first-order valence-electron chi connectivity index (χ1n) is 8.67. The van der Waals surface area contributed by atoms with Crippen LogP contribution in [0.4, 0.5) is 11.5 Å². The molecule has 0 saturated heterocycles. The van der Waals surface area contributed by atoms with E-state index in [-0.39, 0.29) is 0 Å². The number of anilines is 2. The highest BCUT2D eigenvalue weighted by atomic mass is 79.9. The Kier molecular flexibility index (Phi) is 6.41. The van der Waals surface area contributed by atoms with Gasteiger partial charge in [0.25, 0.3) is 0 Å². The normalized spacial score (nSPS) is 11.1. The topological polar surface area (TPSA) is 50.3 Å². The molecule has 136 valence electrons. The summed E-state index contributed by atoms with van der Waals surface area (Å²) in [5.74, 6) is 1.63. The van der Waals surface area contributed by atoms with Gasteiger partial charge >= 0.3 is 0 Å². The molecule has 3 rings (SSSR count). The zero-order chi connectivity index (χ0) is 18.4. The maximum atomic E-state index is 5.86. The van der Waals surface area contributed by atoms with Crippen LogP contribution in [-0.4, -0.2) is 42.1 Å². The van der Waals surface area contributed by atoms with E-state index in [1.54, 1.807) is 6.33 Å². The number of hydrogen-bond acceptors (Lipinski definition) is 5. The van der Waals surface area contributed by atoms with E-state index in [9.17, 15) is 0 Å². The number of unbranched alkanes of at least 4 members (excludes halogenated alkanes) is 1.